The van der Waals surface area contributed by atoms with Gasteiger partial charge in [-0.25, -0.2) is 0 Å². The average Bonchev–Trinajstić information content (AvgIpc) is 1.98. The zero-order valence-electron chi connectivity index (χ0n) is 9.10. The van der Waals surface area contributed by atoms with E-state index in [0.717, 1.165) is 20.3 Å². The third-order valence-electron chi connectivity index (χ3n) is 1.61. The van der Waals surface area contributed by atoms with Crippen molar-refractivity contribution in [2.75, 3.05) is 0 Å². The summed E-state index contributed by atoms with van der Waals surface area (Å²) in [5.41, 5.74) is 1.01. The van der Waals surface area contributed by atoms with Crippen LogP contribution in [0.1, 0.15) is 5.56 Å². The maximum Gasteiger partial charge on any atom is 0.242 e. The Kier molecular flexibility index (Phi) is 4.20. The summed E-state index contributed by atoms with van der Waals surface area (Å²) in [5, 5.41) is 0. The number of halogens is 2. The lowest BCUT2D eigenvalue weighted by Crippen LogP contribution is -2.24. The topological polar surface area (TPSA) is 9.23 Å². The van der Waals surface area contributed by atoms with Crippen LogP contribution in [0.15, 0.2) is 33.7 Å². The molecule has 0 fully saturated rings. The third-order valence-corrected chi connectivity index (χ3v) is 3.39. The second kappa shape index (κ2) is 4.85. The van der Waals surface area contributed by atoms with Gasteiger partial charge in [0, 0.05) is 14.5 Å². The van der Waals surface area contributed by atoms with Gasteiger partial charge < -0.3 is 4.43 Å². The summed E-state index contributed by atoms with van der Waals surface area (Å²) >= 11 is 6.89. The summed E-state index contributed by atoms with van der Waals surface area (Å²) < 4.78 is 7.88. The molecule has 0 unspecified atom stereocenters. The van der Waals surface area contributed by atoms with Crippen LogP contribution in [0.4, 0.5) is 0 Å². The van der Waals surface area contributed by atoms with Crippen molar-refractivity contribution in [3.05, 3.63) is 39.3 Å². The van der Waals surface area contributed by atoms with Crippen molar-refractivity contribution in [2.24, 2.45) is 0 Å². The summed E-state index contributed by atoms with van der Waals surface area (Å²) in [6.07, 6.45) is 0. The highest BCUT2D eigenvalue weighted by molar-refractivity contribution is 9.11. The molecular weight excluding hydrogens is 336 g/mol. The van der Waals surface area contributed by atoms with Crippen molar-refractivity contribution in [2.45, 2.75) is 19.6 Å². The number of benzene rings is 1. The molecule has 4 heteroatoms. The van der Waals surface area contributed by atoms with E-state index in [1.165, 1.54) is 0 Å². The van der Waals surface area contributed by atoms with E-state index in [2.05, 4.69) is 58.1 Å². The molecule has 1 aromatic rings. The second-order valence-electron chi connectivity index (χ2n) is 4.30. The predicted octanol–water partition coefficient (Wildman–Crippen LogP) is 5.03. The second-order valence-corrected chi connectivity index (χ2v) is 10.6. The third kappa shape index (κ3) is 4.53. The van der Waals surface area contributed by atoms with Crippen LogP contribution < -0.4 is 0 Å². The molecule has 0 amide bonds. The van der Waals surface area contributed by atoms with E-state index >= 15 is 0 Å². The van der Waals surface area contributed by atoms with Gasteiger partial charge in [-0.3, -0.25) is 0 Å². The van der Waals surface area contributed by atoms with Crippen molar-refractivity contribution in [3.63, 3.8) is 0 Å². The van der Waals surface area contributed by atoms with E-state index in [1.54, 1.807) is 0 Å². The van der Waals surface area contributed by atoms with Gasteiger partial charge in [0.05, 0.1) is 0 Å². The molecule has 0 spiro atoms. The van der Waals surface area contributed by atoms with Gasteiger partial charge in [0.1, 0.15) is 5.76 Å². The summed E-state index contributed by atoms with van der Waals surface area (Å²) in [7, 11) is -1.57. The first kappa shape index (κ1) is 13.0. The van der Waals surface area contributed by atoms with Crippen LogP contribution in [0.2, 0.25) is 19.6 Å². The molecular formula is C11H14Br2OSi. The molecule has 0 saturated heterocycles. The Bertz CT molecular complexity index is 362. The van der Waals surface area contributed by atoms with Crippen LogP contribution in [0.25, 0.3) is 5.76 Å². The highest BCUT2D eigenvalue weighted by Crippen LogP contribution is 2.26. The van der Waals surface area contributed by atoms with Gasteiger partial charge in [0.25, 0.3) is 0 Å². The fourth-order valence-corrected chi connectivity index (χ4v) is 3.29. The standard InChI is InChI=1S/C11H14Br2OSi/c1-8(14-15(2,3)4)9-5-10(12)7-11(13)6-9/h5-7H,1H2,2-4H3. The van der Waals surface area contributed by atoms with Crippen LogP contribution in [-0.4, -0.2) is 8.32 Å². The van der Waals surface area contributed by atoms with E-state index in [9.17, 15) is 0 Å². The van der Waals surface area contributed by atoms with Crippen molar-refractivity contribution in [1.82, 2.24) is 0 Å². The zero-order valence-corrected chi connectivity index (χ0v) is 13.3. The molecule has 0 atom stereocenters. The summed E-state index contributed by atoms with van der Waals surface area (Å²) in [5.74, 6) is 0.746. The molecule has 1 aromatic carbocycles. The van der Waals surface area contributed by atoms with E-state index < -0.39 is 8.32 Å². The van der Waals surface area contributed by atoms with E-state index in [0.29, 0.717) is 0 Å². The summed E-state index contributed by atoms with van der Waals surface area (Å²) in [6, 6.07) is 6.01. The van der Waals surface area contributed by atoms with Crippen LogP contribution in [0.3, 0.4) is 0 Å². The highest BCUT2D eigenvalue weighted by atomic mass is 79.9. The lowest BCUT2D eigenvalue weighted by molar-refractivity contribution is 0.516. The lowest BCUT2D eigenvalue weighted by Gasteiger charge is -2.21. The number of hydrogen-bond acceptors (Lipinski definition) is 1. The molecule has 15 heavy (non-hydrogen) atoms. The molecule has 0 aliphatic heterocycles. The van der Waals surface area contributed by atoms with Crippen molar-refractivity contribution >= 4 is 45.9 Å². The van der Waals surface area contributed by atoms with Gasteiger partial charge in [-0.15, -0.1) is 0 Å². The van der Waals surface area contributed by atoms with Crippen molar-refractivity contribution in [3.8, 4) is 0 Å². The zero-order chi connectivity index (χ0) is 11.6. The normalized spacial score (nSPS) is 11.3. The number of rotatable bonds is 3. The van der Waals surface area contributed by atoms with Gasteiger partial charge in [-0.05, 0) is 37.8 Å². The minimum atomic E-state index is -1.57. The first-order valence-corrected chi connectivity index (χ1v) is 9.62. The maximum absolute atomic E-state index is 5.84. The van der Waals surface area contributed by atoms with E-state index in [-0.39, 0.29) is 0 Å². The van der Waals surface area contributed by atoms with Crippen LogP contribution >= 0.6 is 31.9 Å². The molecule has 0 aliphatic rings. The van der Waals surface area contributed by atoms with Gasteiger partial charge in [0.15, 0.2) is 0 Å². The molecule has 82 valence electrons. The fourth-order valence-electron chi connectivity index (χ4n) is 1.14. The van der Waals surface area contributed by atoms with Crippen LogP contribution in [0.5, 0.6) is 0 Å². The molecule has 1 rings (SSSR count). The Morgan fingerprint density at radius 3 is 2.00 bits per heavy atom. The summed E-state index contributed by atoms with van der Waals surface area (Å²) in [6.45, 7) is 10.4. The first-order chi connectivity index (χ1) is 6.78. The van der Waals surface area contributed by atoms with Crippen molar-refractivity contribution < 1.29 is 4.43 Å². The highest BCUT2D eigenvalue weighted by Gasteiger charge is 2.17. The molecule has 0 aliphatic carbocycles. The Hall–Kier alpha value is -0.0631. The fraction of sp³-hybridized carbons (Fsp3) is 0.273. The molecule has 0 aromatic heterocycles. The Morgan fingerprint density at radius 1 is 1.13 bits per heavy atom. The monoisotopic (exact) mass is 348 g/mol. The average molecular weight is 350 g/mol. The van der Waals surface area contributed by atoms with Crippen LogP contribution in [-0.2, 0) is 4.43 Å². The lowest BCUT2D eigenvalue weighted by atomic mass is 10.2. The molecule has 0 heterocycles. The van der Waals surface area contributed by atoms with E-state index in [4.69, 9.17) is 4.43 Å². The number of hydrogen-bond donors (Lipinski definition) is 0. The van der Waals surface area contributed by atoms with Gasteiger partial charge in [-0.1, -0.05) is 38.4 Å². The Balaban J connectivity index is 2.92. The van der Waals surface area contributed by atoms with Crippen LogP contribution in [0, 0.1) is 0 Å². The molecule has 0 bridgehead atoms. The maximum atomic E-state index is 5.84. The largest absolute Gasteiger partial charge is 0.544 e. The van der Waals surface area contributed by atoms with Crippen molar-refractivity contribution in [1.29, 1.82) is 0 Å². The Morgan fingerprint density at radius 2 is 1.60 bits per heavy atom. The Labute approximate surface area is 109 Å². The smallest absolute Gasteiger partial charge is 0.242 e. The SMILES string of the molecule is C=C(O[Si](C)(C)C)c1cc(Br)cc(Br)c1. The molecule has 0 N–H and O–H groups in total. The molecule has 1 nitrogen and oxygen atoms in total. The summed E-state index contributed by atoms with van der Waals surface area (Å²) in [4.78, 5) is 0. The molecule has 0 saturated carbocycles. The van der Waals surface area contributed by atoms with Gasteiger partial charge in [0.2, 0.25) is 8.32 Å². The quantitative estimate of drug-likeness (QED) is 0.549. The van der Waals surface area contributed by atoms with E-state index in [1.807, 2.05) is 18.2 Å². The molecule has 0 radical (unpaired) electrons. The predicted molar refractivity (Wildman–Crippen MR) is 75.3 cm³/mol. The minimum Gasteiger partial charge on any atom is -0.544 e. The van der Waals surface area contributed by atoms with Gasteiger partial charge >= 0.3 is 0 Å². The van der Waals surface area contributed by atoms with Gasteiger partial charge in [-0.2, -0.15) is 0 Å². The minimum absolute atomic E-state index is 0.746. The first-order valence-electron chi connectivity index (χ1n) is 4.62.